The fourth-order valence-corrected chi connectivity index (χ4v) is 2.65. The van der Waals surface area contributed by atoms with Crippen LogP contribution in [0.5, 0.6) is 0 Å². The maximum atomic E-state index is 4.75. The molecule has 4 nitrogen and oxygen atoms in total. The molecule has 104 valence electrons. The average molecular weight is 268 g/mol. The van der Waals surface area contributed by atoms with Crippen LogP contribution in [0.15, 0.2) is 36.7 Å². The van der Waals surface area contributed by atoms with Crippen molar-refractivity contribution >= 4 is 10.9 Å². The Bertz CT molecular complexity index is 708. The predicted octanol–water partition coefficient (Wildman–Crippen LogP) is 3.25. The van der Waals surface area contributed by atoms with Gasteiger partial charge in [0.1, 0.15) is 5.82 Å². The minimum atomic E-state index is 0.794. The third-order valence-electron chi connectivity index (χ3n) is 3.63. The number of aryl methyl sites for hydroxylation is 2. The van der Waals surface area contributed by atoms with Crippen molar-refractivity contribution in [3.05, 3.63) is 48.2 Å². The minimum Gasteiger partial charge on any atom is -0.329 e. The van der Waals surface area contributed by atoms with Gasteiger partial charge in [-0.1, -0.05) is 25.1 Å². The molecule has 2 aromatic heterocycles. The molecule has 1 aromatic carbocycles. The summed E-state index contributed by atoms with van der Waals surface area (Å²) in [4.78, 5) is 4.44. The monoisotopic (exact) mass is 268 g/mol. The van der Waals surface area contributed by atoms with E-state index in [1.807, 2.05) is 12.4 Å². The largest absolute Gasteiger partial charge is 0.329 e. The zero-order valence-electron chi connectivity index (χ0n) is 12.1. The van der Waals surface area contributed by atoms with Crippen molar-refractivity contribution in [1.82, 2.24) is 19.3 Å². The number of fused-ring (bicyclic) bond motifs is 1. The Morgan fingerprint density at radius 2 is 2.00 bits per heavy atom. The normalized spacial score (nSPS) is 11.3. The van der Waals surface area contributed by atoms with Crippen LogP contribution in [-0.4, -0.2) is 19.3 Å². The smallest absolute Gasteiger partial charge is 0.108 e. The van der Waals surface area contributed by atoms with Crippen molar-refractivity contribution in [1.29, 1.82) is 0 Å². The summed E-state index contributed by atoms with van der Waals surface area (Å²) in [5.74, 6) is 1.14. The molecule has 0 radical (unpaired) electrons. The maximum Gasteiger partial charge on any atom is 0.108 e. The highest BCUT2D eigenvalue weighted by molar-refractivity contribution is 5.81. The molecule has 0 saturated heterocycles. The first-order valence-corrected chi connectivity index (χ1v) is 7.28. The van der Waals surface area contributed by atoms with Crippen LogP contribution in [0.25, 0.3) is 10.9 Å². The molecule has 0 saturated carbocycles. The number of benzene rings is 1. The van der Waals surface area contributed by atoms with Gasteiger partial charge in [-0.05, 0) is 19.4 Å². The van der Waals surface area contributed by atoms with Crippen molar-refractivity contribution in [2.45, 2.75) is 39.8 Å². The van der Waals surface area contributed by atoms with E-state index in [9.17, 15) is 0 Å². The van der Waals surface area contributed by atoms with Crippen molar-refractivity contribution in [3.8, 4) is 0 Å². The van der Waals surface area contributed by atoms with E-state index in [2.05, 4.69) is 52.3 Å². The van der Waals surface area contributed by atoms with Crippen LogP contribution < -0.4 is 0 Å². The van der Waals surface area contributed by atoms with Gasteiger partial charge in [0.2, 0.25) is 0 Å². The van der Waals surface area contributed by atoms with E-state index in [-0.39, 0.29) is 0 Å². The lowest BCUT2D eigenvalue weighted by Gasteiger charge is -2.05. The molecule has 0 bridgehead atoms. The molecule has 0 spiro atoms. The Kier molecular flexibility index (Phi) is 3.54. The highest BCUT2D eigenvalue weighted by Crippen LogP contribution is 2.19. The summed E-state index contributed by atoms with van der Waals surface area (Å²) < 4.78 is 4.28. The maximum absolute atomic E-state index is 4.75. The molecule has 0 amide bonds. The van der Waals surface area contributed by atoms with E-state index >= 15 is 0 Å². The van der Waals surface area contributed by atoms with Gasteiger partial charge in [-0.3, -0.25) is 4.68 Å². The van der Waals surface area contributed by atoms with Crippen LogP contribution in [-0.2, 0) is 19.5 Å². The molecule has 2 heterocycles. The third-order valence-corrected chi connectivity index (χ3v) is 3.63. The molecule has 3 aromatic rings. The number of hydrogen-bond donors (Lipinski definition) is 0. The molecule has 0 atom stereocenters. The van der Waals surface area contributed by atoms with E-state index in [0.29, 0.717) is 0 Å². The van der Waals surface area contributed by atoms with E-state index in [0.717, 1.165) is 37.4 Å². The van der Waals surface area contributed by atoms with Crippen molar-refractivity contribution < 1.29 is 0 Å². The van der Waals surface area contributed by atoms with Crippen molar-refractivity contribution in [2.75, 3.05) is 0 Å². The van der Waals surface area contributed by atoms with Crippen molar-refractivity contribution in [3.63, 3.8) is 0 Å². The van der Waals surface area contributed by atoms with Crippen LogP contribution in [0.2, 0.25) is 0 Å². The van der Waals surface area contributed by atoms with Crippen LogP contribution in [0, 0.1) is 0 Å². The Balaban J connectivity index is 2.00. The second-order valence-electron chi connectivity index (χ2n) is 5.00. The van der Waals surface area contributed by atoms with Gasteiger partial charge in [0.15, 0.2) is 0 Å². The van der Waals surface area contributed by atoms with Crippen LogP contribution >= 0.6 is 0 Å². The van der Waals surface area contributed by atoms with Gasteiger partial charge in [-0.25, -0.2) is 4.98 Å². The Morgan fingerprint density at radius 3 is 2.80 bits per heavy atom. The third kappa shape index (κ3) is 2.22. The topological polar surface area (TPSA) is 35.6 Å². The van der Waals surface area contributed by atoms with E-state index < -0.39 is 0 Å². The highest BCUT2D eigenvalue weighted by Gasteiger charge is 2.11. The fraction of sp³-hybridized carbons (Fsp3) is 0.375. The first kappa shape index (κ1) is 12.9. The summed E-state index contributed by atoms with van der Waals surface area (Å²) in [6, 6.07) is 8.44. The Morgan fingerprint density at radius 1 is 1.15 bits per heavy atom. The molecule has 0 aliphatic rings. The Hall–Kier alpha value is -2.10. The molecule has 0 unspecified atom stereocenters. The summed E-state index contributed by atoms with van der Waals surface area (Å²) in [6.07, 6.45) is 6.05. The first-order chi connectivity index (χ1) is 9.83. The lowest BCUT2D eigenvalue weighted by Crippen LogP contribution is -2.06. The van der Waals surface area contributed by atoms with Gasteiger partial charge in [0.05, 0.1) is 17.8 Å². The average Bonchev–Trinajstić information content (AvgIpc) is 3.05. The standard InChI is InChI=1S/C16H20N4/c1-3-7-16-17-10-11-19(16)12-14-13-8-5-6-9-15(13)20(4-2)18-14/h5-6,8-11H,3-4,7,12H2,1-2H3. The molecular weight excluding hydrogens is 248 g/mol. The zero-order chi connectivity index (χ0) is 13.9. The van der Waals surface area contributed by atoms with E-state index in [4.69, 9.17) is 5.10 Å². The first-order valence-electron chi connectivity index (χ1n) is 7.28. The summed E-state index contributed by atoms with van der Waals surface area (Å²) in [5, 5.41) is 5.99. The van der Waals surface area contributed by atoms with Gasteiger partial charge in [0, 0.05) is 30.7 Å². The van der Waals surface area contributed by atoms with Gasteiger partial charge < -0.3 is 4.57 Å². The molecule has 0 aliphatic carbocycles. The van der Waals surface area contributed by atoms with Crippen LogP contribution in [0.1, 0.15) is 31.8 Å². The number of nitrogens with zero attached hydrogens (tertiary/aromatic N) is 4. The zero-order valence-corrected chi connectivity index (χ0v) is 12.1. The fourth-order valence-electron chi connectivity index (χ4n) is 2.65. The molecule has 0 aliphatic heterocycles. The number of rotatable bonds is 5. The molecular formula is C16H20N4. The van der Waals surface area contributed by atoms with Crippen LogP contribution in [0.4, 0.5) is 0 Å². The van der Waals surface area contributed by atoms with E-state index in [1.165, 1.54) is 10.9 Å². The van der Waals surface area contributed by atoms with Crippen molar-refractivity contribution in [2.24, 2.45) is 0 Å². The van der Waals surface area contributed by atoms with Crippen LogP contribution in [0.3, 0.4) is 0 Å². The minimum absolute atomic E-state index is 0.794. The number of aromatic nitrogens is 4. The molecule has 0 N–H and O–H groups in total. The molecule has 4 heteroatoms. The molecule has 3 rings (SSSR count). The summed E-state index contributed by atoms with van der Waals surface area (Å²) in [7, 11) is 0. The number of imidazole rings is 1. The van der Waals surface area contributed by atoms with Gasteiger partial charge in [-0.15, -0.1) is 0 Å². The summed E-state index contributed by atoms with van der Waals surface area (Å²) in [6.45, 7) is 6.00. The van der Waals surface area contributed by atoms with E-state index in [1.54, 1.807) is 0 Å². The molecule has 20 heavy (non-hydrogen) atoms. The Labute approximate surface area is 119 Å². The van der Waals surface area contributed by atoms with Gasteiger partial charge in [-0.2, -0.15) is 5.10 Å². The highest BCUT2D eigenvalue weighted by atomic mass is 15.3. The second kappa shape index (κ2) is 5.49. The number of hydrogen-bond acceptors (Lipinski definition) is 2. The summed E-state index contributed by atoms with van der Waals surface area (Å²) >= 11 is 0. The van der Waals surface area contributed by atoms with Gasteiger partial charge in [0.25, 0.3) is 0 Å². The quantitative estimate of drug-likeness (QED) is 0.712. The second-order valence-corrected chi connectivity index (χ2v) is 5.00. The number of para-hydroxylation sites is 1. The molecule has 0 fully saturated rings. The SMILES string of the molecule is CCCc1nccn1Cc1nn(CC)c2ccccc12. The lowest BCUT2D eigenvalue weighted by molar-refractivity contribution is 0.640. The van der Waals surface area contributed by atoms with Gasteiger partial charge >= 0.3 is 0 Å². The predicted molar refractivity (Wildman–Crippen MR) is 80.7 cm³/mol. The lowest BCUT2D eigenvalue weighted by atomic mass is 10.2. The summed E-state index contributed by atoms with van der Waals surface area (Å²) in [5.41, 5.74) is 2.33.